The van der Waals surface area contributed by atoms with Crippen LogP contribution in [0.2, 0.25) is 0 Å². The second-order valence-electron chi connectivity index (χ2n) is 7.32. The number of nitrogens with one attached hydrogen (secondary N) is 3. The minimum atomic E-state index is 0. The maximum absolute atomic E-state index is 11.7. The van der Waals surface area contributed by atoms with Crippen molar-refractivity contribution >= 4 is 35.8 Å². The van der Waals surface area contributed by atoms with E-state index in [4.69, 9.17) is 9.73 Å². The molecule has 0 spiro atoms. The van der Waals surface area contributed by atoms with Crippen LogP contribution in [-0.2, 0) is 9.53 Å². The quantitative estimate of drug-likeness (QED) is 0.222. The van der Waals surface area contributed by atoms with Crippen molar-refractivity contribution in [3.8, 4) is 0 Å². The van der Waals surface area contributed by atoms with E-state index < -0.39 is 0 Å². The molecule has 156 valence electrons. The summed E-state index contributed by atoms with van der Waals surface area (Å²) in [6, 6.07) is 10.4. The second kappa shape index (κ2) is 12.3. The number of carbonyl (C=O) groups excluding carboxylic acids is 1. The van der Waals surface area contributed by atoms with Gasteiger partial charge in [-0.1, -0.05) is 30.3 Å². The summed E-state index contributed by atoms with van der Waals surface area (Å²) in [6.07, 6.45) is 4.40. The molecule has 1 saturated carbocycles. The number of aliphatic imine (C=N–C) groups is 1. The Morgan fingerprint density at radius 1 is 1.11 bits per heavy atom. The molecule has 0 aromatic heterocycles. The van der Waals surface area contributed by atoms with E-state index in [1.165, 1.54) is 5.56 Å². The predicted octanol–water partition coefficient (Wildman–Crippen LogP) is 2.85. The fourth-order valence-electron chi connectivity index (χ4n) is 3.45. The summed E-state index contributed by atoms with van der Waals surface area (Å²) in [5.74, 6) is 1.62. The second-order valence-corrected chi connectivity index (χ2v) is 7.32. The lowest BCUT2D eigenvalue weighted by Gasteiger charge is -2.31. The molecule has 7 heteroatoms. The monoisotopic (exact) mass is 500 g/mol. The van der Waals surface area contributed by atoms with Crippen LogP contribution in [-0.4, -0.2) is 44.7 Å². The normalized spacial score (nSPS) is 22.1. The zero-order valence-electron chi connectivity index (χ0n) is 16.7. The molecule has 1 aromatic carbocycles. The van der Waals surface area contributed by atoms with E-state index >= 15 is 0 Å². The number of hydrogen-bond acceptors (Lipinski definition) is 3. The first-order chi connectivity index (χ1) is 13.3. The van der Waals surface area contributed by atoms with Gasteiger partial charge in [-0.2, -0.15) is 0 Å². The van der Waals surface area contributed by atoms with Gasteiger partial charge in [0.1, 0.15) is 0 Å². The number of benzene rings is 1. The van der Waals surface area contributed by atoms with Crippen molar-refractivity contribution in [3.63, 3.8) is 0 Å². The van der Waals surface area contributed by atoms with Gasteiger partial charge < -0.3 is 20.7 Å². The lowest BCUT2D eigenvalue weighted by Crippen LogP contribution is -2.42. The van der Waals surface area contributed by atoms with Crippen LogP contribution in [0.25, 0.3) is 0 Å². The van der Waals surface area contributed by atoms with Crippen molar-refractivity contribution in [1.29, 1.82) is 0 Å². The van der Waals surface area contributed by atoms with Crippen LogP contribution in [0.5, 0.6) is 0 Å². The number of halogens is 1. The fourth-order valence-corrected chi connectivity index (χ4v) is 3.45. The van der Waals surface area contributed by atoms with Crippen LogP contribution in [0.3, 0.4) is 0 Å². The third kappa shape index (κ3) is 7.24. The average Bonchev–Trinajstić information content (AvgIpc) is 3.55. The van der Waals surface area contributed by atoms with Crippen molar-refractivity contribution in [2.45, 2.75) is 38.7 Å². The Labute approximate surface area is 185 Å². The topological polar surface area (TPSA) is 74.8 Å². The molecule has 0 radical (unpaired) electrons. The fraction of sp³-hybridized carbons (Fsp3) is 0.619. The van der Waals surface area contributed by atoms with Gasteiger partial charge in [-0.15, -0.1) is 24.0 Å². The predicted molar refractivity (Wildman–Crippen MR) is 123 cm³/mol. The van der Waals surface area contributed by atoms with E-state index in [1.807, 2.05) is 6.07 Å². The van der Waals surface area contributed by atoms with Crippen LogP contribution in [0.15, 0.2) is 35.3 Å². The molecule has 6 nitrogen and oxygen atoms in total. The first-order valence-corrected chi connectivity index (χ1v) is 10.2. The Balaban J connectivity index is 0.00000280. The molecule has 1 heterocycles. The molecular weight excluding hydrogens is 467 g/mol. The maximum atomic E-state index is 11.7. The SMILES string of the molecule is CCNC(=NCC1CCCOC1c1ccccc1)NCCNC(=O)C1CC1.I. The zero-order chi connectivity index (χ0) is 18.9. The molecule has 28 heavy (non-hydrogen) atoms. The van der Waals surface area contributed by atoms with Gasteiger partial charge in [0.05, 0.1) is 6.10 Å². The van der Waals surface area contributed by atoms with Crippen LogP contribution in [0, 0.1) is 11.8 Å². The number of carbonyl (C=O) groups is 1. The average molecular weight is 500 g/mol. The van der Waals surface area contributed by atoms with Gasteiger partial charge >= 0.3 is 0 Å². The van der Waals surface area contributed by atoms with Gasteiger partial charge in [-0.3, -0.25) is 9.79 Å². The van der Waals surface area contributed by atoms with Crippen molar-refractivity contribution < 1.29 is 9.53 Å². The Morgan fingerprint density at radius 3 is 2.57 bits per heavy atom. The molecule has 0 bridgehead atoms. The molecule has 1 aliphatic heterocycles. The first kappa shape index (κ1) is 22.9. The van der Waals surface area contributed by atoms with Gasteiger partial charge in [0, 0.05) is 44.6 Å². The molecule has 3 N–H and O–H groups in total. The van der Waals surface area contributed by atoms with Crippen LogP contribution >= 0.6 is 24.0 Å². The Bertz CT molecular complexity index is 622. The molecule has 2 atom stereocenters. The highest BCUT2D eigenvalue weighted by molar-refractivity contribution is 14.0. The minimum absolute atomic E-state index is 0. The highest BCUT2D eigenvalue weighted by Crippen LogP contribution is 2.33. The Kier molecular flexibility index (Phi) is 10.0. The molecule has 2 unspecified atom stereocenters. The zero-order valence-corrected chi connectivity index (χ0v) is 19.0. The third-order valence-corrected chi connectivity index (χ3v) is 5.07. The number of nitrogens with zero attached hydrogens (tertiary/aromatic N) is 1. The number of amides is 1. The molecule has 1 saturated heterocycles. The van der Waals surface area contributed by atoms with E-state index in [0.29, 0.717) is 19.0 Å². The summed E-state index contributed by atoms with van der Waals surface area (Å²) in [7, 11) is 0. The summed E-state index contributed by atoms with van der Waals surface area (Å²) >= 11 is 0. The van der Waals surface area contributed by atoms with Crippen molar-refractivity contribution in [1.82, 2.24) is 16.0 Å². The first-order valence-electron chi connectivity index (χ1n) is 10.2. The number of hydrogen-bond donors (Lipinski definition) is 3. The molecule has 1 aliphatic carbocycles. The molecule has 1 aromatic rings. The summed E-state index contributed by atoms with van der Waals surface area (Å²) < 4.78 is 6.06. The summed E-state index contributed by atoms with van der Waals surface area (Å²) in [6.45, 7) is 5.71. The molecular formula is C21H33IN4O2. The van der Waals surface area contributed by atoms with E-state index in [0.717, 1.165) is 51.3 Å². The molecule has 1 amide bonds. The standard InChI is InChI=1S/C21H32N4O2.HI/c1-2-22-21(24-13-12-23-20(26)17-10-11-17)25-15-18-9-6-14-27-19(18)16-7-4-3-5-8-16;/h3-5,7-8,17-19H,2,6,9-15H2,1H3,(H,23,26)(H2,22,24,25);1H. The van der Waals surface area contributed by atoms with Crippen LogP contribution in [0.4, 0.5) is 0 Å². The third-order valence-electron chi connectivity index (χ3n) is 5.07. The van der Waals surface area contributed by atoms with Crippen molar-refractivity contribution in [3.05, 3.63) is 35.9 Å². The van der Waals surface area contributed by atoms with Gasteiger partial charge in [0.25, 0.3) is 0 Å². The Morgan fingerprint density at radius 2 is 1.86 bits per heavy atom. The van der Waals surface area contributed by atoms with E-state index in [9.17, 15) is 4.79 Å². The van der Waals surface area contributed by atoms with E-state index in [2.05, 4.69) is 47.1 Å². The van der Waals surface area contributed by atoms with Gasteiger partial charge in [0.2, 0.25) is 5.91 Å². The highest BCUT2D eigenvalue weighted by atomic mass is 127. The molecule has 3 rings (SSSR count). The summed E-state index contributed by atoms with van der Waals surface area (Å²) in [5, 5.41) is 9.57. The Hall–Kier alpha value is -1.35. The van der Waals surface area contributed by atoms with Gasteiger partial charge in [-0.05, 0) is 38.2 Å². The smallest absolute Gasteiger partial charge is 0.223 e. The van der Waals surface area contributed by atoms with Crippen molar-refractivity contribution in [2.24, 2.45) is 16.8 Å². The lowest BCUT2D eigenvalue weighted by atomic mass is 9.89. The summed E-state index contributed by atoms with van der Waals surface area (Å²) in [4.78, 5) is 16.5. The largest absolute Gasteiger partial charge is 0.373 e. The maximum Gasteiger partial charge on any atom is 0.223 e. The number of rotatable bonds is 8. The number of ether oxygens (including phenoxy) is 1. The molecule has 2 aliphatic rings. The lowest BCUT2D eigenvalue weighted by molar-refractivity contribution is -0.122. The number of guanidine groups is 1. The summed E-state index contributed by atoms with van der Waals surface area (Å²) in [5.41, 5.74) is 1.23. The van der Waals surface area contributed by atoms with Crippen LogP contribution < -0.4 is 16.0 Å². The van der Waals surface area contributed by atoms with Crippen LogP contribution in [0.1, 0.15) is 44.3 Å². The van der Waals surface area contributed by atoms with E-state index in [-0.39, 0.29) is 41.9 Å². The minimum Gasteiger partial charge on any atom is -0.373 e. The van der Waals surface area contributed by atoms with Gasteiger partial charge in [-0.25, -0.2) is 0 Å². The highest BCUT2D eigenvalue weighted by Gasteiger charge is 2.29. The molecule has 2 fully saturated rings. The van der Waals surface area contributed by atoms with E-state index in [1.54, 1.807) is 0 Å². The van der Waals surface area contributed by atoms with Gasteiger partial charge in [0.15, 0.2) is 5.96 Å². The van der Waals surface area contributed by atoms with Crippen molar-refractivity contribution in [2.75, 3.05) is 32.8 Å².